The fourth-order valence-corrected chi connectivity index (χ4v) is 3.66. The monoisotopic (exact) mass is 467 g/mol. The zero-order valence-corrected chi connectivity index (χ0v) is 19.7. The van der Waals surface area contributed by atoms with Crippen molar-refractivity contribution in [3.8, 4) is 22.7 Å². The average molecular weight is 468 g/mol. The van der Waals surface area contributed by atoms with Gasteiger partial charge in [0.15, 0.2) is 0 Å². The molecule has 1 aromatic heterocycles. The molecule has 0 saturated heterocycles. The molecular formula is C28H25N3O4. The number of benzene rings is 3. The van der Waals surface area contributed by atoms with Crippen molar-refractivity contribution < 1.29 is 19.1 Å². The molecule has 0 aliphatic carbocycles. The Morgan fingerprint density at radius 2 is 1.51 bits per heavy atom. The molecule has 4 aromatic rings. The maximum atomic E-state index is 12.8. The summed E-state index contributed by atoms with van der Waals surface area (Å²) >= 11 is 0. The van der Waals surface area contributed by atoms with Crippen molar-refractivity contribution >= 4 is 18.0 Å². The number of ether oxygens (including phenoxy) is 2. The lowest BCUT2D eigenvalue weighted by Gasteiger charge is -2.09. The van der Waals surface area contributed by atoms with Crippen LogP contribution in [0.4, 0.5) is 0 Å². The smallest absolute Gasteiger partial charge is 0.354 e. The Balaban J connectivity index is 1.84. The van der Waals surface area contributed by atoms with Crippen molar-refractivity contribution in [1.82, 2.24) is 15.1 Å². The van der Waals surface area contributed by atoms with Gasteiger partial charge in [0.25, 0.3) is 5.91 Å². The number of carbonyl (C=O) groups excluding carboxylic acids is 2. The minimum atomic E-state index is -0.662. The number of nitrogens with zero attached hydrogens (tertiary/aromatic N) is 2. The van der Waals surface area contributed by atoms with Crippen LogP contribution in [-0.4, -0.2) is 35.9 Å². The van der Waals surface area contributed by atoms with Crippen molar-refractivity contribution in [3.05, 3.63) is 107 Å². The number of esters is 1. The zero-order chi connectivity index (χ0) is 24.8. The molecule has 1 heterocycles. The molecule has 0 atom stereocenters. The van der Waals surface area contributed by atoms with Gasteiger partial charge in [0.1, 0.15) is 17.1 Å². The van der Waals surface area contributed by atoms with Crippen LogP contribution in [0.15, 0.2) is 90.6 Å². The maximum absolute atomic E-state index is 12.8. The van der Waals surface area contributed by atoms with E-state index in [1.165, 1.54) is 7.11 Å². The molecule has 4 rings (SSSR count). The Labute approximate surface area is 203 Å². The summed E-state index contributed by atoms with van der Waals surface area (Å²) in [7, 11) is 2.89. The van der Waals surface area contributed by atoms with E-state index in [9.17, 15) is 9.59 Å². The molecule has 3 aromatic carbocycles. The summed E-state index contributed by atoms with van der Waals surface area (Å²) < 4.78 is 12.0. The average Bonchev–Trinajstić information content (AvgIpc) is 3.24. The number of nitrogens with one attached hydrogen (secondary N) is 1. The zero-order valence-electron chi connectivity index (χ0n) is 19.7. The summed E-state index contributed by atoms with van der Waals surface area (Å²) in [5, 5.41) is 7.54. The van der Waals surface area contributed by atoms with Gasteiger partial charge in [-0.1, -0.05) is 48.5 Å². The highest BCUT2D eigenvalue weighted by molar-refractivity contribution is 6.03. The Bertz CT molecular complexity index is 1360. The number of aromatic nitrogens is 2. The number of rotatable bonds is 7. The topological polar surface area (TPSA) is 82.4 Å². The molecule has 0 bridgehead atoms. The van der Waals surface area contributed by atoms with Gasteiger partial charge in [-0.3, -0.25) is 4.79 Å². The van der Waals surface area contributed by atoms with E-state index in [0.717, 1.165) is 22.7 Å². The minimum absolute atomic E-state index is 0.0101. The van der Waals surface area contributed by atoms with Crippen molar-refractivity contribution in [2.45, 2.75) is 6.92 Å². The second-order valence-corrected chi connectivity index (χ2v) is 7.69. The number of carbonyl (C=O) groups is 2. The Morgan fingerprint density at radius 1 is 0.886 bits per heavy atom. The molecule has 0 radical (unpaired) electrons. The van der Waals surface area contributed by atoms with E-state index in [-0.39, 0.29) is 5.70 Å². The molecule has 176 valence electrons. The van der Waals surface area contributed by atoms with E-state index in [1.807, 2.05) is 67.6 Å². The molecule has 0 aliphatic rings. The normalized spacial score (nSPS) is 11.1. The van der Waals surface area contributed by atoms with Crippen molar-refractivity contribution in [3.63, 3.8) is 0 Å². The van der Waals surface area contributed by atoms with Gasteiger partial charge in [-0.05, 0) is 49.4 Å². The first kappa shape index (κ1) is 23.5. The predicted octanol–water partition coefficient (Wildman–Crippen LogP) is 4.80. The van der Waals surface area contributed by atoms with E-state index >= 15 is 0 Å². The third kappa shape index (κ3) is 5.14. The Hall–Kier alpha value is -4.65. The van der Waals surface area contributed by atoms with Crippen molar-refractivity contribution in [2.75, 3.05) is 14.2 Å². The van der Waals surface area contributed by atoms with Gasteiger partial charge < -0.3 is 14.8 Å². The fraction of sp³-hybridized carbons (Fsp3) is 0.107. The van der Waals surface area contributed by atoms with Gasteiger partial charge in [-0.25, -0.2) is 9.48 Å². The lowest BCUT2D eigenvalue weighted by atomic mass is 10.0. The van der Waals surface area contributed by atoms with Crippen LogP contribution in [-0.2, 0) is 9.53 Å². The van der Waals surface area contributed by atoms with Gasteiger partial charge in [-0.2, -0.15) is 5.10 Å². The third-order valence-electron chi connectivity index (χ3n) is 5.50. The summed E-state index contributed by atoms with van der Waals surface area (Å²) in [6.45, 7) is 1.91. The molecule has 1 amide bonds. The first-order valence-electron chi connectivity index (χ1n) is 11.0. The molecule has 35 heavy (non-hydrogen) atoms. The fourth-order valence-electron chi connectivity index (χ4n) is 3.66. The highest BCUT2D eigenvalue weighted by Crippen LogP contribution is 2.29. The summed E-state index contributed by atoms with van der Waals surface area (Å²) in [4.78, 5) is 25.4. The van der Waals surface area contributed by atoms with Gasteiger partial charge in [0, 0.05) is 22.4 Å². The summed E-state index contributed by atoms with van der Waals surface area (Å²) in [6.07, 6.45) is 1.61. The summed E-state index contributed by atoms with van der Waals surface area (Å²) in [6, 6.07) is 25.8. The van der Waals surface area contributed by atoms with Crippen LogP contribution < -0.4 is 10.1 Å². The number of methoxy groups -OCH3 is 2. The van der Waals surface area contributed by atoms with Crippen LogP contribution in [0, 0.1) is 6.92 Å². The lowest BCUT2D eigenvalue weighted by molar-refractivity contribution is -0.136. The summed E-state index contributed by atoms with van der Waals surface area (Å²) in [5.41, 5.74) is 4.26. The molecule has 0 saturated carbocycles. The van der Waals surface area contributed by atoms with Crippen LogP contribution in [0.2, 0.25) is 0 Å². The number of hydrogen-bond donors (Lipinski definition) is 1. The lowest BCUT2D eigenvalue weighted by Crippen LogP contribution is -2.28. The molecular weight excluding hydrogens is 442 g/mol. The SMILES string of the molecule is COC(=O)/C(=C\c1c(-c2ccccc2)nn(-c2ccc(OC)cc2)c1C)NC(=O)c1ccccc1. The molecule has 7 nitrogen and oxygen atoms in total. The van der Waals surface area contributed by atoms with Gasteiger partial charge in [-0.15, -0.1) is 0 Å². The molecule has 1 N–H and O–H groups in total. The summed E-state index contributed by atoms with van der Waals surface area (Å²) in [5.74, 6) is -0.341. The minimum Gasteiger partial charge on any atom is -0.497 e. The van der Waals surface area contributed by atoms with Crippen LogP contribution in [0.25, 0.3) is 23.0 Å². The van der Waals surface area contributed by atoms with E-state index < -0.39 is 11.9 Å². The Morgan fingerprint density at radius 3 is 2.11 bits per heavy atom. The first-order chi connectivity index (χ1) is 17.0. The molecule has 7 heteroatoms. The maximum Gasteiger partial charge on any atom is 0.354 e. The van der Waals surface area contributed by atoms with Gasteiger partial charge in [0.05, 0.1) is 19.9 Å². The molecule has 0 spiro atoms. The number of amides is 1. The molecule has 0 fully saturated rings. The van der Waals surface area contributed by atoms with E-state index in [2.05, 4.69) is 5.32 Å². The largest absolute Gasteiger partial charge is 0.497 e. The van der Waals surface area contributed by atoms with E-state index in [0.29, 0.717) is 16.8 Å². The Kier molecular flexibility index (Phi) is 7.07. The second-order valence-electron chi connectivity index (χ2n) is 7.69. The molecule has 0 unspecified atom stereocenters. The highest BCUT2D eigenvalue weighted by Gasteiger charge is 2.21. The van der Waals surface area contributed by atoms with Crippen LogP contribution in [0.5, 0.6) is 5.75 Å². The predicted molar refractivity (Wildman–Crippen MR) is 134 cm³/mol. The van der Waals surface area contributed by atoms with Crippen LogP contribution >= 0.6 is 0 Å². The molecule has 0 aliphatic heterocycles. The first-order valence-corrected chi connectivity index (χ1v) is 11.0. The van der Waals surface area contributed by atoms with Gasteiger partial charge >= 0.3 is 5.97 Å². The van der Waals surface area contributed by atoms with Crippen molar-refractivity contribution in [2.24, 2.45) is 0 Å². The second kappa shape index (κ2) is 10.5. The van der Waals surface area contributed by atoms with Crippen LogP contribution in [0.3, 0.4) is 0 Å². The van der Waals surface area contributed by atoms with Gasteiger partial charge in [0.2, 0.25) is 0 Å². The standard InChI is InChI=1S/C28H25N3O4/c1-19-24(18-25(28(33)35-3)29-27(32)21-12-8-5-9-13-21)26(20-10-6-4-7-11-20)30-31(19)22-14-16-23(34-2)17-15-22/h4-18H,1-3H3,(H,29,32)/b25-18+. The van der Waals surface area contributed by atoms with Crippen LogP contribution in [0.1, 0.15) is 21.6 Å². The van der Waals surface area contributed by atoms with E-state index in [4.69, 9.17) is 14.6 Å². The van der Waals surface area contributed by atoms with Crippen molar-refractivity contribution in [1.29, 1.82) is 0 Å². The quantitative estimate of drug-likeness (QED) is 0.312. The van der Waals surface area contributed by atoms with E-state index in [1.54, 1.807) is 42.1 Å². The third-order valence-corrected chi connectivity index (χ3v) is 5.50. The highest BCUT2D eigenvalue weighted by atomic mass is 16.5. The number of hydrogen-bond acceptors (Lipinski definition) is 5.